The summed E-state index contributed by atoms with van der Waals surface area (Å²) >= 11 is 0. The van der Waals surface area contributed by atoms with Gasteiger partial charge in [0.05, 0.1) is 5.60 Å². The van der Waals surface area contributed by atoms with Gasteiger partial charge in [0.2, 0.25) is 0 Å². The molecule has 0 N–H and O–H groups in total. The second-order valence-electron chi connectivity index (χ2n) is 6.02. The summed E-state index contributed by atoms with van der Waals surface area (Å²) in [4.78, 5) is 22.5. The molecule has 0 spiro atoms. The molecule has 3 saturated heterocycles. The fourth-order valence-electron chi connectivity index (χ4n) is 3.36. The predicted octanol–water partition coefficient (Wildman–Crippen LogP) is -0.698. The van der Waals surface area contributed by atoms with Gasteiger partial charge in [0.25, 0.3) is 10.1 Å². The molecular formula is C14H18O9S. The minimum atomic E-state index is -3.65. The van der Waals surface area contributed by atoms with Crippen molar-refractivity contribution >= 4 is 22.1 Å². The van der Waals surface area contributed by atoms with E-state index in [1.807, 2.05) is 0 Å². The SMILES string of the molecule is C=CC(=O)OCCOC(=O)COC1C2OS(=O)(=O)C3CC1(C)OC23. The second-order valence-corrected chi connectivity index (χ2v) is 7.80. The number of carbonyl (C=O) groups is 2. The van der Waals surface area contributed by atoms with Gasteiger partial charge in [-0.25, -0.2) is 9.59 Å². The number of rotatable bonds is 7. The third-order valence-corrected chi connectivity index (χ3v) is 6.02. The molecule has 10 heteroatoms. The molecule has 3 aliphatic heterocycles. The maximum atomic E-state index is 11.9. The van der Waals surface area contributed by atoms with Crippen LogP contribution in [-0.4, -0.2) is 69.3 Å². The zero-order chi connectivity index (χ0) is 17.5. The van der Waals surface area contributed by atoms with Crippen molar-refractivity contribution in [1.82, 2.24) is 0 Å². The fourth-order valence-corrected chi connectivity index (χ4v) is 5.09. The number of ether oxygens (including phenoxy) is 4. The first-order valence-corrected chi connectivity index (χ1v) is 8.90. The van der Waals surface area contributed by atoms with Crippen molar-refractivity contribution in [3.63, 3.8) is 0 Å². The summed E-state index contributed by atoms with van der Waals surface area (Å²) in [6.07, 6.45) is -0.682. The number of esters is 2. The predicted molar refractivity (Wildman–Crippen MR) is 77.3 cm³/mol. The van der Waals surface area contributed by atoms with E-state index in [9.17, 15) is 18.0 Å². The molecule has 0 aromatic rings. The fraction of sp³-hybridized carbons (Fsp3) is 0.714. The van der Waals surface area contributed by atoms with Crippen LogP contribution in [0.3, 0.4) is 0 Å². The Bertz CT molecular complexity index is 657. The number of fused-ring (bicyclic) bond motifs is 1. The second kappa shape index (κ2) is 6.10. The van der Waals surface area contributed by atoms with Crippen molar-refractivity contribution in [1.29, 1.82) is 0 Å². The number of hydrogen-bond donors (Lipinski definition) is 0. The van der Waals surface area contributed by atoms with Crippen molar-refractivity contribution in [3.05, 3.63) is 12.7 Å². The maximum absolute atomic E-state index is 11.9. The molecule has 134 valence electrons. The molecule has 5 atom stereocenters. The Hall–Kier alpha value is -1.49. The summed E-state index contributed by atoms with van der Waals surface area (Å²) in [5.41, 5.74) is -0.802. The molecule has 3 rings (SSSR count). The zero-order valence-electron chi connectivity index (χ0n) is 13.0. The molecule has 3 heterocycles. The van der Waals surface area contributed by atoms with Crippen LogP contribution in [-0.2, 0) is 42.8 Å². The van der Waals surface area contributed by atoms with Crippen molar-refractivity contribution in [2.75, 3.05) is 19.8 Å². The van der Waals surface area contributed by atoms with Crippen molar-refractivity contribution in [2.24, 2.45) is 0 Å². The van der Waals surface area contributed by atoms with E-state index in [1.165, 1.54) is 0 Å². The van der Waals surface area contributed by atoms with Crippen LogP contribution >= 0.6 is 0 Å². The first-order valence-electron chi connectivity index (χ1n) is 7.43. The molecule has 0 saturated carbocycles. The Morgan fingerprint density at radius 3 is 2.71 bits per heavy atom. The summed E-state index contributed by atoms with van der Waals surface area (Å²) in [5.74, 6) is -1.27. The topological polar surface area (TPSA) is 114 Å². The highest BCUT2D eigenvalue weighted by atomic mass is 32.2. The normalized spacial score (nSPS) is 38.0. The van der Waals surface area contributed by atoms with Crippen molar-refractivity contribution in [2.45, 2.75) is 42.5 Å². The third-order valence-electron chi connectivity index (χ3n) is 4.36. The molecule has 2 bridgehead atoms. The van der Waals surface area contributed by atoms with Gasteiger partial charge in [0.15, 0.2) is 0 Å². The van der Waals surface area contributed by atoms with Crippen LogP contribution in [0, 0.1) is 0 Å². The van der Waals surface area contributed by atoms with Gasteiger partial charge in [-0.05, 0) is 6.92 Å². The van der Waals surface area contributed by atoms with Crippen molar-refractivity contribution < 1.29 is 41.1 Å². The minimum Gasteiger partial charge on any atom is -0.460 e. The Labute approximate surface area is 139 Å². The van der Waals surface area contributed by atoms with Gasteiger partial charge in [-0.3, -0.25) is 4.18 Å². The molecule has 0 amide bonds. The van der Waals surface area contributed by atoms with Crippen LogP contribution < -0.4 is 0 Å². The van der Waals surface area contributed by atoms with Crippen LogP contribution in [0.15, 0.2) is 12.7 Å². The van der Waals surface area contributed by atoms with Gasteiger partial charge < -0.3 is 18.9 Å². The summed E-state index contributed by atoms with van der Waals surface area (Å²) in [6.45, 7) is 4.40. The molecule has 5 unspecified atom stereocenters. The van der Waals surface area contributed by atoms with E-state index in [2.05, 4.69) is 11.3 Å². The van der Waals surface area contributed by atoms with Crippen LogP contribution in [0.25, 0.3) is 0 Å². The molecule has 0 aliphatic carbocycles. The summed E-state index contributed by atoms with van der Waals surface area (Å²) in [6, 6.07) is 0. The van der Waals surface area contributed by atoms with E-state index in [0.717, 1.165) is 6.08 Å². The first kappa shape index (κ1) is 17.3. The Morgan fingerprint density at radius 1 is 1.29 bits per heavy atom. The lowest BCUT2D eigenvalue weighted by Crippen LogP contribution is -2.47. The van der Waals surface area contributed by atoms with E-state index < -0.39 is 51.2 Å². The Morgan fingerprint density at radius 2 is 2.00 bits per heavy atom. The monoisotopic (exact) mass is 362 g/mol. The van der Waals surface area contributed by atoms with Gasteiger partial charge in [-0.1, -0.05) is 6.58 Å². The average molecular weight is 362 g/mol. The molecule has 0 aromatic carbocycles. The lowest BCUT2D eigenvalue weighted by atomic mass is 9.85. The lowest BCUT2D eigenvalue weighted by Gasteiger charge is -2.29. The quantitative estimate of drug-likeness (QED) is 0.251. The molecule has 9 nitrogen and oxygen atoms in total. The highest BCUT2D eigenvalue weighted by Crippen LogP contribution is 2.53. The third kappa shape index (κ3) is 2.94. The van der Waals surface area contributed by atoms with Gasteiger partial charge >= 0.3 is 11.9 Å². The minimum absolute atomic E-state index is 0.0887. The smallest absolute Gasteiger partial charge is 0.332 e. The zero-order valence-corrected chi connectivity index (χ0v) is 13.8. The van der Waals surface area contributed by atoms with Crippen LogP contribution in [0.2, 0.25) is 0 Å². The molecule has 0 radical (unpaired) electrons. The van der Waals surface area contributed by atoms with Gasteiger partial charge in [0, 0.05) is 12.5 Å². The van der Waals surface area contributed by atoms with Crippen LogP contribution in [0.5, 0.6) is 0 Å². The van der Waals surface area contributed by atoms with Gasteiger partial charge in [-0.2, -0.15) is 8.42 Å². The van der Waals surface area contributed by atoms with Gasteiger partial charge in [-0.15, -0.1) is 0 Å². The van der Waals surface area contributed by atoms with Gasteiger partial charge in [0.1, 0.15) is 43.4 Å². The van der Waals surface area contributed by atoms with Crippen molar-refractivity contribution in [3.8, 4) is 0 Å². The lowest BCUT2D eigenvalue weighted by molar-refractivity contribution is -0.159. The standard InChI is InChI=1S/C14H18O9S/c1-3-9(15)19-4-5-20-10(16)7-21-13-12-11-8(24(17,18)23-12)6-14(13,2)22-11/h3,8,11-13H,1,4-7H2,2H3. The summed E-state index contributed by atoms with van der Waals surface area (Å²) < 4.78 is 49.5. The molecule has 3 aliphatic rings. The summed E-state index contributed by atoms with van der Waals surface area (Å²) in [7, 11) is -3.65. The van der Waals surface area contributed by atoms with E-state index in [0.29, 0.717) is 0 Å². The van der Waals surface area contributed by atoms with E-state index in [-0.39, 0.29) is 26.2 Å². The van der Waals surface area contributed by atoms with E-state index in [4.69, 9.17) is 18.4 Å². The number of hydrogen-bond acceptors (Lipinski definition) is 9. The molecule has 24 heavy (non-hydrogen) atoms. The Balaban J connectivity index is 1.47. The maximum Gasteiger partial charge on any atom is 0.332 e. The first-order chi connectivity index (χ1) is 11.3. The highest BCUT2D eigenvalue weighted by molar-refractivity contribution is 7.87. The van der Waals surface area contributed by atoms with Crippen LogP contribution in [0.4, 0.5) is 0 Å². The molecule has 3 fully saturated rings. The molecular weight excluding hydrogens is 344 g/mol. The van der Waals surface area contributed by atoms with E-state index >= 15 is 0 Å². The highest BCUT2D eigenvalue weighted by Gasteiger charge is 2.71. The number of carbonyl (C=O) groups excluding carboxylic acids is 2. The van der Waals surface area contributed by atoms with Crippen LogP contribution in [0.1, 0.15) is 13.3 Å². The van der Waals surface area contributed by atoms with E-state index in [1.54, 1.807) is 6.92 Å². The largest absolute Gasteiger partial charge is 0.460 e. The average Bonchev–Trinajstić information content (AvgIpc) is 3.06. The Kier molecular flexibility index (Phi) is 4.41. The summed E-state index contributed by atoms with van der Waals surface area (Å²) in [5, 5.41) is -0.668. The molecule has 0 aromatic heterocycles.